The Labute approximate surface area is 140 Å². The van der Waals surface area contributed by atoms with Crippen LogP contribution in [-0.2, 0) is 13.5 Å². The maximum atomic E-state index is 12.4. The molecule has 0 radical (unpaired) electrons. The van der Waals surface area contributed by atoms with Crippen molar-refractivity contribution in [2.45, 2.75) is 31.9 Å². The standard InChI is InChI=1S/C18H21N3O3/c1-11-9-16(23)21(2)10-14(11)19-18(24)20-17-13-6-4-3-5-12(13)7-8-15(17)22/h3-6,9-10,15,17,22H,7-8H2,1-2H3,(H2,19,20,24)/t15-,17+/m0/s1. The van der Waals surface area contributed by atoms with Gasteiger partial charge in [0, 0.05) is 19.3 Å². The summed E-state index contributed by atoms with van der Waals surface area (Å²) in [6.07, 6.45) is 2.38. The third-order valence-corrected chi connectivity index (χ3v) is 4.45. The monoisotopic (exact) mass is 327 g/mol. The molecule has 126 valence electrons. The third-order valence-electron chi connectivity index (χ3n) is 4.45. The molecular weight excluding hydrogens is 306 g/mol. The summed E-state index contributed by atoms with van der Waals surface area (Å²) in [5, 5.41) is 15.9. The smallest absolute Gasteiger partial charge is 0.319 e. The molecule has 2 atom stereocenters. The fraction of sp³-hybridized carbons (Fsp3) is 0.333. The van der Waals surface area contributed by atoms with Crippen molar-refractivity contribution in [3.63, 3.8) is 0 Å². The summed E-state index contributed by atoms with van der Waals surface area (Å²) >= 11 is 0. The fourth-order valence-electron chi connectivity index (χ4n) is 3.07. The van der Waals surface area contributed by atoms with Gasteiger partial charge >= 0.3 is 6.03 Å². The number of benzene rings is 1. The highest BCUT2D eigenvalue weighted by Crippen LogP contribution is 2.30. The van der Waals surface area contributed by atoms with Crippen LogP contribution in [0.15, 0.2) is 41.3 Å². The number of aliphatic hydroxyl groups is 1. The number of pyridine rings is 1. The first kappa shape index (κ1) is 16.3. The minimum Gasteiger partial charge on any atom is -0.391 e. The zero-order chi connectivity index (χ0) is 17.3. The molecule has 1 heterocycles. The second-order valence-electron chi connectivity index (χ2n) is 6.20. The number of urea groups is 1. The van der Waals surface area contributed by atoms with Gasteiger partial charge in [0.2, 0.25) is 0 Å². The maximum absolute atomic E-state index is 12.4. The van der Waals surface area contributed by atoms with E-state index in [0.717, 1.165) is 17.5 Å². The first-order valence-corrected chi connectivity index (χ1v) is 7.96. The average Bonchev–Trinajstić information content (AvgIpc) is 2.55. The number of hydrogen-bond acceptors (Lipinski definition) is 3. The second-order valence-corrected chi connectivity index (χ2v) is 6.20. The van der Waals surface area contributed by atoms with Gasteiger partial charge in [-0.3, -0.25) is 4.79 Å². The first-order chi connectivity index (χ1) is 11.5. The molecule has 0 fully saturated rings. The third kappa shape index (κ3) is 3.19. The van der Waals surface area contributed by atoms with E-state index in [9.17, 15) is 14.7 Å². The molecule has 1 aromatic heterocycles. The summed E-state index contributed by atoms with van der Waals surface area (Å²) in [4.78, 5) is 23.9. The summed E-state index contributed by atoms with van der Waals surface area (Å²) in [5.74, 6) is 0. The molecule has 0 unspecified atom stereocenters. The van der Waals surface area contributed by atoms with Crippen molar-refractivity contribution in [1.29, 1.82) is 0 Å². The Balaban J connectivity index is 1.78. The highest BCUT2D eigenvalue weighted by molar-refractivity contribution is 5.90. The van der Waals surface area contributed by atoms with Crippen LogP contribution in [0.25, 0.3) is 0 Å². The number of amides is 2. The van der Waals surface area contributed by atoms with Gasteiger partial charge in [0.05, 0.1) is 17.8 Å². The number of aromatic nitrogens is 1. The quantitative estimate of drug-likeness (QED) is 0.787. The lowest BCUT2D eigenvalue weighted by atomic mass is 9.86. The average molecular weight is 327 g/mol. The molecule has 1 aliphatic rings. The van der Waals surface area contributed by atoms with E-state index in [0.29, 0.717) is 17.7 Å². The highest BCUT2D eigenvalue weighted by Gasteiger charge is 2.29. The molecule has 0 spiro atoms. The number of anilines is 1. The molecule has 1 aliphatic carbocycles. The van der Waals surface area contributed by atoms with Crippen molar-refractivity contribution < 1.29 is 9.90 Å². The van der Waals surface area contributed by atoms with Gasteiger partial charge in [-0.15, -0.1) is 0 Å². The van der Waals surface area contributed by atoms with Crippen molar-refractivity contribution in [2.24, 2.45) is 7.05 Å². The number of carbonyl (C=O) groups is 1. The van der Waals surface area contributed by atoms with Crippen LogP contribution in [0.1, 0.15) is 29.2 Å². The lowest BCUT2D eigenvalue weighted by molar-refractivity contribution is 0.114. The van der Waals surface area contributed by atoms with Gasteiger partial charge in [0.25, 0.3) is 5.56 Å². The maximum Gasteiger partial charge on any atom is 0.319 e. The molecule has 3 N–H and O–H groups in total. The second kappa shape index (κ2) is 6.49. The van der Waals surface area contributed by atoms with E-state index in [1.54, 1.807) is 20.2 Å². The van der Waals surface area contributed by atoms with Gasteiger partial charge in [0.1, 0.15) is 0 Å². The Morgan fingerprint density at radius 1 is 1.33 bits per heavy atom. The summed E-state index contributed by atoms with van der Waals surface area (Å²) in [6.45, 7) is 1.77. The Hall–Kier alpha value is -2.60. The van der Waals surface area contributed by atoms with Crippen molar-refractivity contribution in [2.75, 3.05) is 5.32 Å². The molecule has 0 saturated carbocycles. The molecule has 2 aromatic rings. The van der Waals surface area contributed by atoms with E-state index >= 15 is 0 Å². The number of fused-ring (bicyclic) bond motifs is 1. The molecule has 0 aliphatic heterocycles. The number of carbonyl (C=O) groups excluding carboxylic acids is 1. The number of nitrogens with one attached hydrogen (secondary N) is 2. The Kier molecular flexibility index (Phi) is 4.40. The summed E-state index contributed by atoms with van der Waals surface area (Å²) in [5.41, 5.74) is 3.22. The number of aliphatic hydroxyl groups excluding tert-OH is 1. The first-order valence-electron chi connectivity index (χ1n) is 7.96. The van der Waals surface area contributed by atoms with Crippen LogP contribution in [0.5, 0.6) is 0 Å². The lowest BCUT2D eigenvalue weighted by Gasteiger charge is -2.31. The summed E-state index contributed by atoms with van der Waals surface area (Å²) in [7, 11) is 1.63. The van der Waals surface area contributed by atoms with Crippen LogP contribution in [-0.4, -0.2) is 21.8 Å². The number of rotatable bonds is 2. The lowest BCUT2D eigenvalue weighted by Crippen LogP contribution is -2.41. The fourth-order valence-corrected chi connectivity index (χ4v) is 3.07. The van der Waals surface area contributed by atoms with Gasteiger partial charge in [-0.2, -0.15) is 0 Å². The topological polar surface area (TPSA) is 83.4 Å². The van der Waals surface area contributed by atoms with Gasteiger partial charge < -0.3 is 20.3 Å². The molecule has 2 amide bonds. The van der Waals surface area contributed by atoms with E-state index < -0.39 is 18.2 Å². The molecule has 1 aromatic carbocycles. The van der Waals surface area contributed by atoms with Gasteiger partial charge in [-0.1, -0.05) is 24.3 Å². The highest BCUT2D eigenvalue weighted by atomic mass is 16.3. The van der Waals surface area contributed by atoms with Gasteiger partial charge in [-0.25, -0.2) is 4.79 Å². The summed E-state index contributed by atoms with van der Waals surface area (Å²) < 4.78 is 1.41. The molecule has 6 nitrogen and oxygen atoms in total. The number of aryl methyl sites for hydroxylation is 3. The van der Waals surface area contributed by atoms with Crippen LogP contribution in [0.2, 0.25) is 0 Å². The molecule has 0 saturated heterocycles. The molecule has 24 heavy (non-hydrogen) atoms. The largest absolute Gasteiger partial charge is 0.391 e. The minimum absolute atomic E-state index is 0.130. The van der Waals surface area contributed by atoms with Crippen LogP contribution >= 0.6 is 0 Å². The predicted molar refractivity (Wildman–Crippen MR) is 92.1 cm³/mol. The molecule has 3 rings (SSSR count). The van der Waals surface area contributed by atoms with Crippen molar-refractivity contribution >= 4 is 11.7 Å². The van der Waals surface area contributed by atoms with Gasteiger partial charge in [-0.05, 0) is 36.5 Å². The molecule has 0 bridgehead atoms. The molecule has 6 heteroatoms. The van der Waals surface area contributed by atoms with Crippen molar-refractivity contribution in [3.05, 3.63) is 63.6 Å². The van der Waals surface area contributed by atoms with Gasteiger partial charge in [0.15, 0.2) is 0 Å². The van der Waals surface area contributed by atoms with E-state index in [1.165, 1.54) is 10.6 Å². The van der Waals surface area contributed by atoms with E-state index in [4.69, 9.17) is 0 Å². The molecular formula is C18H21N3O3. The van der Waals surface area contributed by atoms with Crippen LogP contribution in [0.3, 0.4) is 0 Å². The number of hydrogen-bond donors (Lipinski definition) is 3. The normalized spacial score (nSPS) is 19.5. The van der Waals surface area contributed by atoms with Crippen molar-refractivity contribution in [1.82, 2.24) is 9.88 Å². The predicted octanol–water partition coefficient (Wildman–Crippen LogP) is 1.86. The number of nitrogens with zero attached hydrogens (tertiary/aromatic N) is 1. The van der Waals surface area contributed by atoms with Crippen molar-refractivity contribution in [3.8, 4) is 0 Å². The Morgan fingerprint density at radius 2 is 2.08 bits per heavy atom. The van der Waals surface area contributed by atoms with E-state index in [1.807, 2.05) is 24.3 Å². The summed E-state index contributed by atoms with van der Waals surface area (Å²) in [6, 6.07) is 8.44. The van der Waals surface area contributed by atoms with E-state index in [2.05, 4.69) is 10.6 Å². The van der Waals surface area contributed by atoms with Crippen LogP contribution < -0.4 is 16.2 Å². The van der Waals surface area contributed by atoms with Crippen LogP contribution in [0, 0.1) is 6.92 Å². The zero-order valence-electron chi connectivity index (χ0n) is 13.7. The Morgan fingerprint density at radius 3 is 2.88 bits per heavy atom. The Bertz CT molecular complexity index is 828. The minimum atomic E-state index is -0.619. The zero-order valence-corrected chi connectivity index (χ0v) is 13.7. The van der Waals surface area contributed by atoms with E-state index in [-0.39, 0.29) is 5.56 Å². The SMILES string of the molecule is Cc1cc(=O)n(C)cc1NC(=O)N[C@@H]1c2ccccc2CC[C@@H]1O. The van der Waals surface area contributed by atoms with Crippen LogP contribution in [0.4, 0.5) is 10.5 Å².